The summed E-state index contributed by atoms with van der Waals surface area (Å²) in [6.07, 6.45) is 2.21. The highest BCUT2D eigenvalue weighted by molar-refractivity contribution is 6.06. The topological polar surface area (TPSA) is 67.9 Å². The largest absolute Gasteiger partial charge is 0.382 e. The van der Waals surface area contributed by atoms with Crippen molar-refractivity contribution in [2.45, 2.75) is 31.3 Å². The molecule has 1 saturated heterocycles. The van der Waals surface area contributed by atoms with Gasteiger partial charge in [-0.05, 0) is 12.8 Å². The molecule has 2 aliphatic rings. The van der Waals surface area contributed by atoms with E-state index in [4.69, 9.17) is 9.47 Å². The Hall–Kier alpha value is -0.980. The van der Waals surface area contributed by atoms with Crippen molar-refractivity contribution in [1.29, 1.82) is 0 Å². The standard InChI is InChI=1S/C12H20N2O4/c1-17-6-7-18-5-4-13-10-8-11(15)14(12(10)16)9-2-3-9/h9-10,13H,2-8H2,1H3. The first-order chi connectivity index (χ1) is 8.74. The molecule has 0 aromatic carbocycles. The maximum absolute atomic E-state index is 11.9. The number of likely N-dealkylation sites (tertiary alicyclic amines) is 1. The highest BCUT2D eigenvalue weighted by Gasteiger charge is 2.45. The van der Waals surface area contributed by atoms with Crippen LogP contribution >= 0.6 is 0 Å². The highest BCUT2D eigenvalue weighted by atomic mass is 16.5. The Labute approximate surface area is 107 Å². The smallest absolute Gasteiger partial charge is 0.247 e. The summed E-state index contributed by atoms with van der Waals surface area (Å²) in [5.41, 5.74) is 0. The van der Waals surface area contributed by atoms with E-state index in [9.17, 15) is 9.59 Å². The summed E-state index contributed by atoms with van der Waals surface area (Å²) in [6, 6.07) is -0.182. The van der Waals surface area contributed by atoms with E-state index in [0.29, 0.717) is 26.4 Å². The van der Waals surface area contributed by atoms with Crippen molar-refractivity contribution in [1.82, 2.24) is 10.2 Å². The second kappa shape index (κ2) is 6.26. The van der Waals surface area contributed by atoms with Crippen molar-refractivity contribution in [3.8, 4) is 0 Å². The average Bonchev–Trinajstić information content (AvgIpc) is 3.12. The summed E-state index contributed by atoms with van der Waals surface area (Å²) in [6.45, 7) is 2.21. The molecule has 0 aromatic rings. The molecule has 2 rings (SSSR count). The van der Waals surface area contributed by atoms with E-state index in [0.717, 1.165) is 12.8 Å². The lowest BCUT2D eigenvalue weighted by molar-refractivity contribution is -0.139. The van der Waals surface area contributed by atoms with Gasteiger partial charge in [-0.25, -0.2) is 0 Å². The van der Waals surface area contributed by atoms with Crippen molar-refractivity contribution in [2.24, 2.45) is 0 Å². The van der Waals surface area contributed by atoms with Crippen LogP contribution in [-0.2, 0) is 19.1 Å². The lowest BCUT2D eigenvalue weighted by atomic mass is 10.2. The number of carbonyl (C=O) groups excluding carboxylic acids is 2. The first-order valence-electron chi connectivity index (χ1n) is 6.40. The lowest BCUT2D eigenvalue weighted by Gasteiger charge is -2.14. The molecule has 18 heavy (non-hydrogen) atoms. The molecule has 0 radical (unpaired) electrons. The van der Waals surface area contributed by atoms with Gasteiger partial charge >= 0.3 is 0 Å². The van der Waals surface area contributed by atoms with Gasteiger partial charge < -0.3 is 14.8 Å². The Kier molecular flexibility index (Phi) is 4.68. The van der Waals surface area contributed by atoms with Crippen molar-refractivity contribution < 1.29 is 19.1 Å². The number of methoxy groups -OCH3 is 1. The molecule has 1 heterocycles. The number of ether oxygens (including phenoxy) is 2. The van der Waals surface area contributed by atoms with Gasteiger partial charge in [0.15, 0.2) is 0 Å². The number of nitrogens with one attached hydrogen (secondary N) is 1. The van der Waals surface area contributed by atoms with Crippen molar-refractivity contribution >= 4 is 11.8 Å². The number of amides is 2. The second-order valence-corrected chi connectivity index (χ2v) is 4.65. The highest BCUT2D eigenvalue weighted by Crippen LogP contribution is 2.31. The van der Waals surface area contributed by atoms with Crippen LogP contribution in [0.5, 0.6) is 0 Å². The molecule has 6 nitrogen and oxygen atoms in total. The molecule has 2 fully saturated rings. The first kappa shape index (κ1) is 13.5. The van der Waals surface area contributed by atoms with Crippen LogP contribution in [0.1, 0.15) is 19.3 Å². The van der Waals surface area contributed by atoms with Gasteiger partial charge in [-0.15, -0.1) is 0 Å². The number of nitrogens with zero attached hydrogens (tertiary/aromatic N) is 1. The van der Waals surface area contributed by atoms with Crippen LogP contribution in [0, 0.1) is 0 Å². The van der Waals surface area contributed by atoms with Crippen LogP contribution in [0.4, 0.5) is 0 Å². The van der Waals surface area contributed by atoms with Crippen molar-refractivity contribution in [2.75, 3.05) is 33.5 Å². The summed E-state index contributed by atoms with van der Waals surface area (Å²) in [7, 11) is 1.62. The third kappa shape index (κ3) is 3.28. The van der Waals surface area contributed by atoms with Gasteiger partial charge in [0, 0.05) is 19.7 Å². The molecule has 1 N–H and O–H groups in total. The zero-order valence-electron chi connectivity index (χ0n) is 10.7. The van der Waals surface area contributed by atoms with Crippen LogP contribution in [0.15, 0.2) is 0 Å². The molecule has 1 saturated carbocycles. The van der Waals surface area contributed by atoms with E-state index < -0.39 is 0 Å². The number of hydrogen-bond donors (Lipinski definition) is 1. The fourth-order valence-electron chi connectivity index (χ4n) is 2.08. The average molecular weight is 256 g/mol. The van der Waals surface area contributed by atoms with Gasteiger partial charge in [-0.1, -0.05) is 0 Å². The van der Waals surface area contributed by atoms with Crippen molar-refractivity contribution in [3.05, 3.63) is 0 Å². The van der Waals surface area contributed by atoms with Crippen LogP contribution < -0.4 is 5.32 Å². The number of hydrogen-bond acceptors (Lipinski definition) is 5. The van der Waals surface area contributed by atoms with Gasteiger partial charge in [0.05, 0.1) is 32.3 Å². The van der Waals surface area contributed by atoms with Gasteiger partial charge in [0.25, 0.3) is 0 Å². The lowest BCUT2D eigenvalue weighted by Crippen LogP contribution is -2.40. The monoisotopic (exact) mass is 256 g/mol. The summed E-state index contributed by atoms with van der Waals surface area (Å²) in [4.78, 5) is 25.0. The quantitative estimate of drug-likeness (QED) is 0.470. The molecule has 1 atom stereocenters. The number of imide groups is 1. The Morgan fingerprint density at radius 3 is 2.72 bits per heavy atom. The number of rotatable bonds is 8. The minimum Gasteiger partial charge on any atom is -0.382 e. The van der Waals surface area contributed by atoms with E-state index in [1.54, 1.807) is 7.11 Å². The van der Waals surface area contributed by atoms with Crippen LogP contribution in [-0.4, -0.2) is 62.3 Å². The molecular weight excluding hydrogens is 236 g/mol. The first-order valence-corrected chi connectivity index (χ1v) is 6.40. The normalized spacial score (nSPS) is 24.1. The van der Waals surface area contributed by atoms with Gasteiger partial charge in [0.1, 0.15) is 0 Å². The van der Waals surface area contributed by atoms with Crippen LogP contribution in [0.2, 0.25) is 0 Å². The molecule has 1 unspecified atom stereocenters. The Morgan fingerprint density at radius 1 is 1.28 bits per heavy atom. The predicted molar refractivity (Wildman–Crippen MR) is 64.0 cm³/mol. The predicted octanol–water partition coefficient (Wildman–Crippen LogP) is -0.471. The summed E-state index contributed by atoms with van der Waals surface area (Å²) < 4.78 is 10.1. The fourth-order valence-corrected chi connectivity index (χ4v) is 2.08. The van der Waals surface area contributed by atoms with Crippen LogP contribution in [0.25, 0.3) is 0 Å². The zero-order valence-corrected chi connectivity index (χ0v) is 10.7. The maximum Gasteiger partial charge on any atom is 0.247 e. The van der Waals surface area contributed by atoms with E-state index in [-0.39, 0.29) is 30.3 Å². The Bertz CT molecular complexity index is 317. The third-order valence-electron chi connectivity index (χ3n) is 3.16. The molecule has 0 bridgehead atoms. The Morgan fingerprint density at radius 2 is 2.06 bits per heavy atom. The molecular formula is C12H20N2O4. The molecule has 2 amide bonds. The molecule has 0 aromatic heterocycles. The molecule has 6 heteroatoms. The summed E-state index contributed by atoms with van der Waals surface area (Å²) >= 11 is 0. The second-order valence-electron chi connectivity index (χ2n) is 4.65. The maximum atomic E-state index is 11.9. The summed E-state index contributed by atoms with van der Waals surface area (Å²) in [5.74, 6) is -0.111. The van der Waals surface area contributed by atoms with E-state index >= 15 is 0 Å². The van der Waals surface area contributed by atoms with Gasteiger partial charge in [-0.3, -0.25) is 14.5 Å². The zero-order chi connectivity index (χ0) is 13.0. The minimum atomic E-state index is -0.357. The van der Waals surface area contributed by atoms with Crippen LogP contribution in [0.3, 0.4) is 0 Å². The van der Waals surface area contributed by atoms with E-state index in [1.807, 2.05) is 0 Å². The third-order valence-corrected chi connectivity index (χ3v) is 3.16. The van der Waals surface area contributed by atoms with E-state index in [2.05, 4.69) is 5.32 Å². The molecule has 102 valence electrons. The number of carbonyl (C=O) groups is 2. The fraction of sp³-hybridized carbons (Fsp3) is 0.833. The van der Waals surface area contributed by atoms with Crippen molar-refractivity contribution in [3.63, 3.8) is 0 Å². The summed E-state index contributed by atoms with van der Waals surface area (Å²) in [5, 5.41) is 3.07. The molecule has 1 aliphatic heterocycles. The van der Waals surface area contributed by atoms with Gasteiger partial charge in [0.2, 0.25) is 11.8 Å². The van der Waals surface area contributed by atoms with E-state index in [1.165, 1.54) is 4.90 Å². The van der Waals surface area contributed by atoms with Gasteiger partial charge in [-0.2, -0.15) is 0 Å². The molecule has 0 spiro atoms. The molecule has 1 aliphatic carbocycles. The Balaban J connectivity index is 1.64. The minimum absolute atomic E-state index is 0.0414. The SMILES string of the molecule is COCCOCCNC1CC(=O)N(C2CC2)C1=O.